The summed E-state index contributed by atoms with van der Waals surface area (Å²) < 4.78 is 7.15. The van der Waals surface area contributed by atoms with E-state index in [4.69, 9.17) is 4.74 Å². The lowest BCUT2D eigenvalue weighted by molar-refractivity contribution is -0.138. The molecule has 0 bridgehead atoms. The Labute approximate surface area is 171 Å². The highest BCUT2D eigenvalue weighted by atomic mass is 32.2. The van der Waals surface area contributed by atoms with Gasteiger partial charge in [0.15, 0.2) is 10.8 Å². The van der Waals surface area contributed by atoms with Crippen molar-refractivity contribution in [3.05, 3.63) is 47.2 Å². The monoisotopic (exact) mass is 411 g/mol. The Bertz CT molecular complexity index is 1150. The molecule has 2 aromatic heterocycles. The van der Waals surface area contributed by atoms with E-state index in [0.717, 1.165) is 22.1 Å². The molecule has 1 aliphatic heterocycles. The third-order valence-electron chi connectivity index (χ3n) is 4.78. The van der Waals surface area contributed by atoms with Gasteiger partial charge in [-0.1, -0.05) is 30.0 Å². The number of hydrogen-bond acceptors (Lipinski definition) is 6. The number of rotatable bonds is 5. The number of para-hydroxylation sites is 1. The summed E-state index contributed by atoms with van der Waals surface area (Å²) in [5, 5.41) is 15.9. The molecule has 9 heteroatoms. The Morgan fingerprint density at radius 1 is 1.31 bits per heavy atom. The second kappa shape index (κ2) is 7.75. The molecule has 0 radical (unpaired) electrons. The maximum absolute atomic E-state index is 12.4. The zero-order chi connectivity index (χ0) is 20.5. The van der Waals surface area contributed by atoms with Crippen LogP contribution in [0.2, 0.25) is 0 Å². The average Bonchev–Trinajstić information content (AvgIpc) is 3.09. The summed E-state index contributed by atoms with van der Waals surface area (Å²) in [4.78, 5) is 24.3. The minimum atomic E-state index is -0.435. The first kappa shape index (κ1) is 19.3. The third kappa shape index (κ3) is 3.53. The predicted molar refractivity (Wildman–Crippen MR) is 111 cm³/mol. The lowest BCUT2D eigenvalue weighted by atomic mass is 10.1. The van der Waals surface area contributed by atoms with Gasteiger partial charge in [-0.2, -0.15) is 0 Å². The first-order chi connectivity index (χ1) is 14.0. The number of esters is 1. The summed E-state index contributed by atoms with van der Waals surface area (Å²) >= 11 is 1.41. The number of aryl methyl sites for hydroxylation is 1. The average molecular weight is 411 g/mol. The maximum atomic E-state index is 12.4. The number of carbonyl (C=O) groups excluding carboxylic acids is 2. The van der Waals surface area contributed by atoms with Crippen LogP contribution in [-0.2, 0) is 9.53 Å². The molecule has 0 saturated heterocycles. The van der Waals surface area contributed by atoms with Crippen molar-refractivity contribution in [2.24, 2.45) is 0 Å². The van der Waals surface area contributed by atoms with Crippen LogP contribution in [0.25, 0.3) is 16.6 Å². The number of aromatic nitrogens is 3. The fourth-order valence-corrected chi connectivity index (χ4v) is 4.42. The van der Waals surface area contributed by atoms with Gasteiger partial charge >= 0.3 is 12.0 Å². The Kier molecular flexibility index (Phi) is 5.14. The van der Waals surface area contributed by atoms with Gasteiger partial charge in [-0.15, -0.1) is 10.2 Å². The molecule has 8 nitrogen and oxygen atoms in total. The van der Waals surface area contributed by atoms with Gasteiger partial charge in [-0.3, -0.25) is 4.40 Å². The number of nitrogens with zero attached hydrogens (tertiary/aromatic N) is 3. The highest BCUT2D eigenvalue weighted by molar-refractivity contribution is 7.99. The Morgan fingerprint density at radius 3 is 2.90 bits per heavy atom. The van der Waals surface area contributed by atoms with Gasteiger partial charge in [-0.05, 0) is 38.5 Å². The van der Waals surface area contributed by atoms with Crippen LogP contribution in [0, 0.1) is 6.92 Å². The molecule has 3 heterocycles. The van der Waals surface area contributed by atoms with Crippen molar-refractivity contribution >= 4 is 40.3 Å². The molecule has 0 spiro atoms. The first-order valence-electron chi connectivity index (χ1n) is 9.33. The topological polar surface area (TPSA) is 97.6 Å². The normalized spacial score (nSPS) is 16.8. The minimum Gasteiger partial charge on any atom is -0.463 e. The number of carbonyl (C=O) groups is 2. The largest absolute Gasteiger partial charge is 0.463 e. The molecule has 2 N–H and O–H groups in total. The number of amides is 2. The molecule has 3 aromatic rings. The van der Waals surface area contributed by atoms with E-state index in [9.17, 15) is 9.59 Å². The molecule has 0 aliphatic carbocycles. The van der Waals surface area contributed by atoms with E-state index in [0.29, 0.717) is 22.2 Å². The summed E-state index contributed by atoms with van der Waals surface area (Å²) in [5.74, 6) is -0.0789. The number of thioether (sulfide) groups is 1. The molecule has 2 amide bonds. The van der Waals surface area contributed by atoms with Crippen LogP contribution in [0.15, 0.2) is 46.8 Å². The van der Waals surface area contributed by atoms with Gasteiger partial charge in [0.25, 0.3) is 0 Å². The van der Waals surface area contributed by atoms with Crippen molar-refractivity contribution in [1.82, 2.24) is 25.2 Å². The van der Waals surface area contributed by atoms with Crippen molar-refractivity contribution in [1.29, 1.82) is 0 Å². The number of nitrogens with one attached hydrogen (secondary N) is 2. The van der Waals surface area contributed by atoms with Gasteiger partial charge in [-0.25, -0.2) is 9.59 Å². The predicted octanol–water partition coefficient (Wildman–Crippen LogP) is 2.80. The van der Waals surface area contributed by atoms with E-state index < -0.39 is 12.0 Å². The maximum Gasteiger partial charge on any atom is 0.337 e. The quantitative estimate of drug-likeness (QED) is 0.495. The Hall–Kier alpha value is -3.07. The molecular formula is C20H21N5O3S. The molecule has 0 fully saturated rings. The van der Waals surface area contributed by atoms with E-state index in [1.165, 1.54) is 11.8 Å². The molecule has 1 aliphatic rings. The summed E-state index contributed by atoms with van der Waals surface area (Å²) in [5.41, 5.74) is 3.85. The first-order valence-corrected chi connectivity index (χ1v) is 10.3. The Balaban J connectivity index is 1.71. The van der Waals surface area contributed by atoms with Crippen molar-refractivity contribution in [2.75, 3.05) is 12.4 Å². The molecule has 29 heavy (non-hydrogen) atoms. The van der Waals surface area contributed by atoms with Gasteiger partial charge in [0.05, 0.1) is 23.7 Å². The highest BCUT2D eigenvalue weighted by Crippen LogP contribution is 2.27. The van der Waals surface area contributed by atoms with Crippen LogP contribution in [-0.4, -0.2) is 45.0 Å². The van der Waals surface area contributed by atoms with Crippen LogP contribution < -0.4 is 10.6 Å². The highest BCUT2D eigenvalue weighted by Gasteiger charge is 2.30. The van der Waals surface area contributed by atoms with Gasteiger partial charge < -0.3 is 15.4 Å². The SMILES string of the molecule is CCOC(=O)C1=C(CSc2nnc3cc(C)c4ccccc4n23)NC(=O)NC1C. The minimum absolute atomic E-state index is 0.267. The zero-order valence-electron chi connectivity index (χ0n) is 16.4. The number of pyridine rings is 1. The van der Waals surface area contributed by atoms with Gasteiger partial charge in [0.1, 0.15) is 0 Å². The van der Waals surface area contributed by atoms with E-state index in [-0.39, 0.29) is 12.6 Å². The number of fused-ring (bicyclic) bond motifs is 3. The van der Waals surface area contributed by atoms with Crippen molar-refractivity contribution in [2.45, 2.75) is 32.0 Å². The number of ether oxygens (including phenoxy) is 1. The summed E-state index contributed by atoms with van der Waals surface area (Å²) in [6, 6.07) is 9.30. The number of benzene rings is 1. The number of urea groups is 1. The van der Waals surface area contributed by atoms with Crippen LogP contribution in [0.3, 0.4) is 0 Å². The smallest absolute Gasteiger partial charge is 0.337 e. The van der Waals surface area contributed by atoms with E-state index >= 15 is 0 Å². The van der Waals surface area contributed by atoms with Crippen LogP contribution in [0.5, 0.6) is 0 Å². The van der Waals surface area contributed by atoms with Crippen LogP contribution in [0.1, 0.15) is 19.4 Å². The molecule has 1 unspecified atom stereocenters. The van der Waals surface area contributed by atoms with Crippen LogP contribution >= 0.6 is 11.8 Å². The van der Waals surface area contributed by atoms with Crippen molar-refractivity contribution < 1.29 is 14.3 Å². The van der Waals surface area contributed by atoms with Crippen molar-refractivity contribution in [3.8, 4) is 0 Å². The lowest BCUT2D eigenvalue weighted by Gasteiger charge is -2.26. The summed E-state index contributed by atoms with van der Waals surface area (Å²) in [6.45, 7) is 5.83. The summed E-state index contributed by atoms with van der Waals surface area (Å²) in [6.07, 6.45) is 0. The Morgan fingerprint density at radius 2 is 2.10 bits per heavy atom. The van der Waals surface area contributed by atoms with E-state index in [1.807, 2.05) is 35.6 Å². The van der Waals surface area contributed by atoms with Gasteiger partial charge in [0, 0.05) is 16.8 Å². The molecular weight excluding hydrogens is 390 g/mol. The van der Waals surface area contributed by atoms with E-state index in [1.54, 1.807) is 13.8 Å². The number of hydrogen-bond donors (Lipinski definition) is 2. The lowest BCUT2D eigenvalue weighted by Crippen LogP contribution is -2.49. The van der Waals surface area contributed by atoms with E-state index in [2.05, 4.69) is 26.9 Å². The third-order valence-corrected chi connectivity index (χ3v) is 5.74. The zero-order valence-corrected chi connectivity index (χ0v) is 17.2. The molecule has 150 valence electrons. The summed E-state index contributed by atoms with van der Waals surface area (Å²) in [7, 11) is 0. The molecule has 1 aromatic carbocycles. The fourth-order valence-electron chi connectivity index (χ4n) is 3.50. The molecule has 0 saturated carbocycles. The fraction of sp³-hybridized carbons (Fsp3) is 0.300. The van der Waals surface area contributed by atoms with Crippen LogP contribution in [0.4, 0.5) is 4.79 Å². The molecule has 4 rings (SSSR count). The van der Waals surface area contributed by atoms with Gasteiger partial charge in [0.2, 0.25) is 0 Å². The molecule has 1 atom stereocenters. The second-order valence-electron chi connectivity index (χ2n) is 6.74. The standard InChI is InChI=1S/C20H21N5O3S/c1-4-28-18(26)17-12(3)21-19(27)22-14(17)10-29-20-24-23-16-9-11(2)13-7-5-6-8-15(13)25(16)20/h5-9,12H,4,10H2,1-3H3,(H2,21,22,27). The second-order valence-corrected chi connectivity index (χ2v) is 7.68. The van der Waals surface area contributed by atoms with Crippen molar-refractivity contribution in [3.63, 3.8) is 0 Å².